The van der Waals surface area contributed by atoms with Crippen molar-refractivity contribution in [3.63, 3.8) is 0 Å². The van der Waals surface area contributed by atoms with E-state index in [1.54, 1.807) is 7.11 Å². The van der Waals surface area contributed by atoms with E-state index in [-0.39, 0.29) is 32.7 Å². The van der Waals surface area contributed by atoms with Crippen LogP contribution in [0.1, 0.15) is 0 Å². The molecule has 1 N–H and O–H groups in total. The first kappa shape index (κ1) is 9.75. The number of nitrogens with one attached hydrogen (secondary N) is 1. The van der Waals surface area contributed by atoms with E-state index in [9.17, 15) is 0 Å². The van der Waals surface area contributed by atoms with Crippen LogP contribution in [0.4, 0.5) is 0 Å². The van der Waals surface area contributed by atoms with Crippen molar-refractivity contribution in [3.05, 3.63) is 30.5 Å². The Morgan fingerprint density at radius 3 is 3.00 bits per heavy atom. The van der Waals surface area contributed by atoms with Gasteiger partial charge in [0.15, 0.2) is 0 Å². The molecule has 0 aliphatic heterocycles. The molecule has 2 aromatic rings. The van der Waals surface area contributed by atoms with E-state index >= 15 is 0 Å². The van der Waals surface area contributed by atoms with Crippen LogP contribution in [0.2, 0.25) is 0 Å². The number of fused-ring (bicyclic) bond motifs is 1. The zero-order valence-electron chi connectivity index (χ0n) is 6.79. The number of hydrogen-bond acceptors (Lipinski definition) is 1. The number of H-pyrrole nitrogens is 1. The molecule has 1 aromatic heterocycles. The zero-order valence-corrected chi connectivity index (χ0v) is 9.63. The van der Waals surface area contributed by atoms with Gasteiger partial charge in [-0.1, -0.05) is 17.0 Å². The topological polar surface area (TPSA) is 25.0 Å². The smallest absolute Gasteiger partial charge is 0.0607 e. The Hall–Kier alpha value is -0.336. The number of ether oxygens (including phenoxy) is 1. The first-order chi connectivity index (χ1) is 5.42. The van der Waals surface area contributed by atoms with Crippen LogP contribution in [0.25, 0.3) is 10.9 Å². The standard InChI is InChI=1S/C9H8NO.Y/c1-11-9-4-2-3-8-7(9)5-6-10-8;/h3-6,10H,1H3;/q-1;. The van der Waals surface area contributed by atoms with Crippen LogP contribution < -0.4 is 4.74 Å². The molecule has 0 fully saturated rings. The molecule has 1 aromatic carbocycles. The molecule has 0 aliphatic rings. The summed E-state index contributed by atoms with van der Waals surface area (Å²) in [6.45, 7) is 0. The molecule has 59 valence electrons. The number of benzene rings is 1. The molecule has 1 radical (unpaired) electrons. The van der Waals surface area contributed by atoms with Crippen LogP contribution in [0.3, 0.4) is 0 Å². The van der Waals surface area contributed by atoms with Gasteiger partial charge in [-0.15, -0.1) is 6.07 Å². The fourth-order valence-electron chi connectivity index (χ4n) is 1.16. The zero-order chi connectivity index (χ0) is 7.68. The second kappa shape index (κ2) is 4.06. The first-order valence-corrected chi connectivity index (χ1v) is 3.43. The summed E-state index contributed by atoms with van der Waals surface area (Å²) in [7, 11) is 1.66. The molecule has 0 amide bonds. The monoisotopic (exact) mass is 235 g/mol. The molecule has 0 atom stereocenters. The van der Waals surface area contributed by atoms with Crippen molar-refractivity contribution in [2.24, 2.45) is 0 Å². The van der Waals surface area contributed by atoms with E-state index in [0.717, 1.165) is 16.7 Å². The Labute approximate surface area is 96.2 Å². The van der Waals surface area contributed by atoms with Gasteiger partial charge in [-0.05, 0) is 6.20 Å². The Morgan fingerprint density at radius 2 is 2.25 bits per heavy atom. The van der Waals surface area contributed by atoms with Crippen molar-refractivity contribution in [1.29, 1.82) is 0 Å². The van der Waals surface area contributed by atoms with Crippen LogP contribution in [-0.2, 0) is 32.7 Å². The predicted molar refractivity (Wildman–Crippen MR) is 43.7 cm³/mol. The Bertz CT molecular complexity index is 369. The van der Waals surface area contributed by atoms with Crippen molar-refractivity contribution in [1.82, 2.24) is 4.98 Å². The summed E-state index contributed by atoms with van der Waals surface area (Å²) in [6, 6.07) is 8.70. The molecule has 0 saturated carbocycles. The van der Waals surface area contributed by atoms with E-state index < -0.39 is 0 Å². The number of hydrogen-bond donors (Lipinski definition) is 1. The summed E-state index contributed by atoms with van der Waals surface area (Å²) >= 11 is 0. The fourth-order valence-corrected chi connectivity index (χ4v) is 1.16. The van der Waals surface area contributed by atoms with E-state index in [2.05, 4.69) is 11.1 Å². The minimum atomic E-state index is 0. The predicted octanol–water partition coefficient (Wildman–Crippen LogP) is 1.97. The van der Waals surface area contributed by atoms with Gasteiger partial charge in [-0.25, -0.2) is 0 Å². The summed E-state index contributed by atoms with van der Waals surface area (Å²) in [5.74, 6) is 0.865. The summed E-state index contributed by atoms with van der Waals surface area (Å²) in [4.78, 5) is 3.08. The van der Waals surface area contributed by atoms with E-state index in [1.165, 1.54) is 0 Å². The maximum atomic E-state index is 5.13. The molecule has 0 unspecified atom stereocenters. The molecule has 0 spiro atoms. The Morgan fingerprint density at radius 1 is 1.42 bits per heavy atom. The van der Waals surface area contributed by atoms with Crippen LogP contribution in [0.15, 0.2) is 24.4 Å². The minimum absolute atomic E-state index is 0. The number of aromatic nitrogens is 1. The summed E-state index contributed by atoms with van der Waals surface area (Å²) in [6.07, 6.45) is 1.89. The van der Waals surface area contributed by atoms with Crippen LogP contribution in [0.5, 0.6) is 5.75 Å². The largest absolute Gasteiger partial charge is 0.554 e. The van der Waals surface area contributed by atoms with Crippen LogP contribution in [-0.4, -0.2) is 12.1 Å². The fraction of sp³-hybridized carbons (Fsp3) is 0.111. The number of rotatable bonds is 1. The molecular formula is C9H8NOY-. The number of methoxy groups -OCH3 is 1. The van der Waals surface area contributed by atoms with Gasteiger partial charge in [-0.2, -0.15) is 12.1 Å². The van der Waals surface area contributed by atoms with E-state index in [0.29, 0.717) is 0 Å². The average Bonchev–Trinajstić information content (AvgIpc) is 2.50. The number of aromatic amines is 1. The average molecular weight is 235 g/mol. The van der Waals surface area contributed by atoms with Gasteiger partial charge < -0.3 is 9.72 Å². The summed E-state index contributed by atoms with van der Waals surface area (Å²) in [5.41, 5.74) is 1.06. The van der Waals surface area contributed by atoms with Gasteiger partial charge in [0.25, 0.3) is 0 Å². The molecule has 12 heavy (non-hydrogen) atoms. The molecular weight excluding hydrogens is 227 g/mol. The van der Waals surface area contributed by atoms with Gasteiger partial charge >= 0.3 is 0 Å². The van der Waals surface area contributed by atoms with Gasteiger partial charge in [0, 0.05) is 38.5 Å². The third-order valence-corrected chi connectivity index (χ3v) is 1.71. The molecule has 2 rings (SSSR count). The molecule has 3 heteroatoms. The molecule has 1 heterocycles. The Kier molecular flexibility index (Phi) is 3.30. The van der Waals surface area contributed by atoms with Crippen LogP contribution >= 0.6 is 0 Å². The van der Waals surface area contributed by atoms with Crippen molar-refractivity contribution in [2.45, 2.75) is 0 Å². The van der Waals surface area contributed by atoms with Crippen molar-refractivity contribution in [3.8, 4) is 5.75 Å². The van der Waals surface area contributed by atoms with Crippen molar-refractivity contribution < 1.29 is 37.4 Å². The Balaban J connectivity index is 0.000000720. The molecule has 0 bridgehead atoms. The maximum absolute atomic E-state index is 5.13. The van der Waals surface area contributed by atoms with Crippen molar-refractivity contribution in [2.75, 3.05) is 7.11 Å². The van der Waals surface area contributed by atoms with Gasteiger partial charge in [-0.3, -0.25) is 0 Å². The molecule has 2 nitrogen and oxygen atoms in total. The maximum Gasteiger partial charge on any atom is 0.0607 e. The first-order valence-electron chi connectivity index (χ1n) is 3.43. The van der Waals surface area contributed by atoms with Gasteiger partial charge in [0.1, 0.15) is 0 Å². The minimum Gasteiger partial charge on any atom is -0.554 e. The molecule has 0 aliphatic carbocycles. The van der Waals surface area contributed by atoms with Crippen LogP contribution in [0, 0.1) is 6.07 Å². The second-order valence-electron chi connectivity index (χ2n) is 2.33. The molecule has 0 saturated heterocycles. The summed E-state index contributed by atoms with van der Waals surface area (Å²) in [5, 5.41) is 1.10. The van der Waals surface area contributed by atoms with E-state index in [1.807, 2.05) is 24.4 Å². The SMILES string of the molecule is COc1c[c-]cc2[nH]ccc12.[Y]. The van der Waals surface area contributed by atoms with Crippen molar-refractivity contribution >= 4 is 10.9 Å². The third kappa shape index (κ3) is 1.55. The second-order valence-corrected chi connectivity index (χ2v) is 2.33. The normalized spacial score (nSPS) is 9.42. The van der Waals surface area contributed by atoms with Gasteiger partial charge in [0.05, 0.1) is 7.11 Å². The third-order valence-electron chi connectivity index (χ3n) is 1.71. The quantitative estimate of drug-likeness (QED) is 0.751. The van der Waals surface area contributed by atoms with Gasteiger partial charge in [0.2, 0.25) is 0 Å². The van der Waals surface area contributed by atoms with E-state index in [4.69, 9.17) is 4.74 Å². The summed E-state index contributed by atoms with van der Waals surface area (Å²) < 4.78 is 5.13.